The van der Waals surface area contributed by atoms with Crippen molar-refractivity contribution < 1.29 is 9.47 Å². The standard InChI is InChI=1S/C18H20N6O2/c1-25-13-7-12(8-14(9-13)26-2)20-18-19-6-5-16(22-18)21-17-10-15(23-24-17)11-3-4-11/h5-11H,3-4H2,1-2H3,(H3,19,20,21,22,23,24). The summed E-state index contributed by atoms with van der Waals surface area (Å²) in [5.74, 6) is 3.87. The summed E-state index contributed by atoms with van der Waals surface area (Å²) in [7, 11) is 3.22. The lowest BCUT2D eigenvalue weighted by molar-refractivity contribution is 0.395. The Morgan fingerprint density at radius 2 is 1.77 bits per heavy atom. The Morgan fingerprint density at radius 1 is 1.00 bits per heavy atom. The van der Waals surface area contributed by atoms with E-state index in [1.807, 2.05) is 18.2 Å². The average molecular weight is 352 g/mol. The third kappa shape index (κ3) is 3.69. The first kappa shape index (κ1) is 16.2. The van der Waals surface area contributed by atoms with Crippen molar-refractivity contribution in [3.8, 4) is 11.5 Å². The molecule has 3 aromatic rings. The van der Waals surface area contributed by atoms with Crippen molar-refractivity contribution in [1.29, 1.82) is 0 Å². The van der Waals surface area contributed by atoms with Gasteiger partial charge in [0, 0.05) is 47.8 Å². The minimum Gasteiger partial charge on any atom is -0.497 e. The Kier molecular flexibility index (Phi) is 4.30. The maximum atomic E-state index is 5.28. The summed E-state index contributed by atoms with van der Waals surface area (Å²) in [5.41, 5.74) is 1.94. The van der Waals surface area contributed by atoms with Crippen LogP contribution in [0.1, 0.15) is 24.5 Å². The number of nitrogens with zero attached hydrogens (tertiary/aromatic N) is 3. The lowest BCUT2D eigenvalue weighted by Crippen LogP contribution is -2.01. The van der Waals surface area contributed by atoms with Crippen LogP contribution in [0, 0.1) is 0 Å². The molecule has 0 saturated heterocycles. The molecule has 0 unspecified atom stereocenters. The van der Waals surface area contributed by atoms with Crippen LogP contribution in [-0.4, -0.2) is 34.4 Å². The molecule has 1 aliphatic carbocycles. The Bertz CT molecular complexity index is 884. The van der Waals surface area contributed by atoms with E-state index in [4.69, 9.17) is 9.47 Å². The topological polar surface area (TPSA) is 97.0 Å². The number of nitrogens with one attached hydrogen (secondary N) is 3. The summed E-state index contributed by atoms with van der Waals surface area (Å²) in [6.45, 7) is 0. The molecule has 0 radical (unpaired) electrons. The van der Waals surface area contributed by atoms with Gasteiger partial charge in [-0.15, -0.1) is 0 Å². The first-order chi connectivity index (χ1) is 12.7. The molecule has 134 valence electrons. The van der Waals surface area contributed by atoms with Crippen LogP contribution in [0.15, 0.2) is 36.5 Å². The highest BCUT2D eigenvalue weighted by atomic mass is 16.5. The van der Waals surface area contributed by atoms with E-state index in [0.29, 0.717) is 29.2 Å². The van der Waals surface area contributed by atoms with E-state index in [1.54, 1.807) is 32.5 Å². The second kappa shape index (κ2) is 6.91. The molecule has 4 rings (SSSR count). The summed E-state index contributed by atoms with van der Waals surface area (Å²) in [6.07, 6.45) is 4.14. The van der Waals surface area contributed by atoms with Gasteiger partial charge in [0.05, 0.1) is 14.2 Å². The summed E-state index contributed by atoms with van der Waals surface area (Å²) in [5, 5.41) is 13.7. The Balaban J connectivity index is 1.50. The van der Waals surface area contributed by atoms with Gasteiger partial charge in [-0.2, -0.15) is 10.1 Å². The fraction of sp³-hybridized carbons (Fsp3) is 0.278. The van der Waals surface area contributed by atoms with Crippen molar-refractivity contribution in [1.82, 2.24) is 20.2 Å². The third-order valence-corrected chi connectivity index (χ3v) is 4.13. The molecule has 0 bridgehead atoms. The van der Waals surface area contributed by atoms with Gasteiger partial charge in [0.25, 0.3) is 0 Å². The van der Waals surface area contributed by atoms with Gasteiger partial charge in [-0.1, -0.05) is 0 Å². The Hall–Kier alpha value is -3.29. The highest BCUT2D eigenvalue weighted by molar-refractivity contribution is 5.61. The van der Waals surface area contributed by atoms with Crippen LogP contribution in [0.5, 0.6) is 11.5 Å². The first-order valence-corrected chi connectivity index (χ1v) is 8.39. The number of aromatic amines is 1. The van der Waals surface area contributed by atoms with Crippen LogP contribution in [0.3, 0.4) is 0 Å². The van der Waals surface area contributed by atoms with Crippen LogP contribution in [0.4, 0.5) is 23.3 Å². The number of methoxy groups -OCH3 is 2. The van der Waals surface area contributed by atoms with Crippen LogP contribution >= 0.6 is 0 Å². The van der Waals surface area contributed by atoms with Gasteiger partial charge in [-0.3, -0.25) is 5.10 Å². The highest BCUT2D eigenvalue weighted by Crippen LogP contribution is 2.39. The van der Waals surface area contributed by atoms with Crippen LogP contribution in [0.25, 0.3) is 0 Å². The molecule has 2 heterocycles. The summed E-state index contributed by atoms with van der Waals surface area (Å²) in [4.78, 5) is 8.73. The van der Waals surface area contributed by atoms with Gasteiger partial charge in [0.15, 0.2) is 5.82 Å². The molecule has 1 aliphatic rings. The second-order valence-corrected chi connectivity index (χ2v) is 6.10. The number of hydrogen-bond donors (Lipinski definition) is 3. The van der Waals surface area contributed by atoms with E-state index in [9.17, 15) is 0 Å². The molecule has 1 saturated carbocycles. The third-order valence-electron chi connectivity index (χ3n) is 4.13. The van der Waals surface area contributed by atoms with Crippen molar-refractivity contribution in [2.75, 3.05) is 24.9 Å². The summed E-state index contributed by atoms with van der Waals surface area (Å²) < 4.78 is 10.6. The highest BCUT2D eigenvalue weighted by Gasteiger charge is 2.25. The van der Waals surface area contributed by atoms with E-state index < -0.39 is 0 Å². The number of anilines is 4. The Morgan fingerprint density at radius 3 is 2.46 bits per heavy atom. The monoisotopic (exact) mass is 352 g/mol. The van der Waals surface area contributed by atoms with Crippen molar-refractivity contribution in [2.45, 2.75) is 18.8 Å². The minimum absolute atomic E-state index is 0.461. The predicted molar refractivity (Wildman–Crippen MR) is 98.7 cm³/mol. The van der Waals surface area contributed by atoms with E-state index >= 15 is 0 Å². The fourth-order valence-corrected chi connectivity index (χ4v) is 2.63. The molecule has 0 amide bonds. The number of benzene rings is 1. The van der Waals surface area contributed by atoms with Crippen molar-refractivity contribution in [3.63, 3.8) is 0 Å². The zero-order chi connectivity index (χ0) is 17.9. The number of aromatic nitrogens is 4. The normalized spacial score (nSPS) is 13.3. The van der Waals surface area contributed by atoms with Gasteiger partial charge in [-0.05, 0) is 18.9 Å². The Labute approximate surface area is 151 Å². The molecule has 1 fully saturated rings. The van der Waals surface area contributed by atoms with Crippen molar-refractivity contribution in [3.05, 3.63) is 42.2 Å². The number of rotatable bonds is 7. The molecular weight excluding hydrogens is 332 g/mol. The van der Waals surface area contributed by atoms with Crippen LogP contribution in [0.2, 0.25) is 0 Å². The van der Waals surface area contributed by atoms with Gasteiger partial charge in [0.2, 0.25) is 5.95 Å². The van der Waals surface area contributed by atoms with Gasteiger partial charge in [0.1, 0.15) is 17.3 Å². The van der Waals surface area contributed by atoms with Gasteiger partial charge in [-0.25, -0.2) is 4.98 Å². The van der Waals surface area contributed by atoms with E-state index in [2.05, 4.69) is 30.8 Å². The van der Waals surface area contributed by atoms with E-state index in [1.165, 1.54) is 18.5 Å². The number of H-pyrrole nitrogens is 1. The zero-order valence-electron chi connectivity index (χ0n) is 14.6. The molecule has 0 aliphatic heterocycles. The molecule has 3 N–H and O–H groups in total. The van der Waals surface area contributed by atoms with Crippen molar-refractivity contribution >= 4 is 23.3 Å². The molecule has 0 atom stereocenters. The molecule has 1 aromatic carbocycles. The molecular formula is C18H20N6O2. The van der Waals surface area contributed by atoms with E-state index in [-0.39, 0.29) is 0 Å². The number of hydrogen-bond acceptors (Lipinski definition) is 7. The van der Waals surface area contributed by atoms with Gasteiger partial charge >= 0.3 is 0 Å². The van der Waals surface area contributed by atoms with Crippen LogP contribution < -0.4 is 20.1 Å². The largest absolute Gasteiger partial charge is 0.497 e. The molecule has 2 aromatic heterocycles. The number of ether oxygens (including phenoxy) is 2. The maximum Gasteiger partial charge on any atom is 0.229 e. The first-order valence-electron chi connectivity index (χ1n) is 8.39. The second-order valence-electron chi connectivity index (χ2n) is 6.10. The smallest absolute Gasteiger partial charge is 0.229 e. The predicted octanol–water partition coefficient (Wildman–Crippen LogP) is 3.58. The van der Waals surface area contributed by atoms with Gasteiger partial charge < -0.3 is 20.1 Å². The molecule has 26 heavy (non-hydrogen) atoms. The fourth-order valence-electron chi connectivity index (χ4n) is 2.63. The summed E-state index contributed by atoms with van der Waals surface area (Å²) >= 11 is 0. The molecule has 8 nitrogen and oxygen atoms in total. The summed E-state index contributed by atoms with van der Waals surface area (Å²) in [6, 6.07) is 9.32. The lowest BCUT2D eigenvalue weighted by Gasteiger charge is -2.10. The lowest BCUT2D eigenvalue weighted by atomic mass is 10.3. The van der Waals surface area contributed by atoms with E-state index in [0.717, 1.165) is 11.5 Å². The molecule has 0 spiro atoms. The van der Waals surface area contributed by atoms with Crippen LogP contribution in [-0.2, 0) is 0 Å². The SMILES string of the molecule is COc1cc(Nc2nccc(Nc3cc(C4CC4)[nH]n3)n2)cc(OC)c1. The maximum absolute atomic E-state index is 5.28. The quantitative estimate of drug-likeness (QED) is 0.598. The van der Waals surface area contributed by atoms with Crippen molar-refractivity contribution in [2.24, 2.45) is 0 Å². The zero-order valence-corrected chi connectivity index (χ0v) is 14.6. The molecule has 8 heteroatoms. The average Bonchev–Trinajstić information content (AvgIpc) is 3.41. The minimum atomic E-state index is 0.461.